The molecule has 5 heteroatoms. The van der Waals surface area contributed by atoms with Gasteiger partial charge in [-0.15, -0.1) is 0 Å². The predicted molar refractivity (Wildman–Crippen MR) is 72.9 cm³/mol. The minimum absolute atomic E-state index is 0.113. The smallest absolute Gasteiger partial charge is 0.268 e. The maximum absolute atomic E-state index is 12.4. The minimum atomic E-state index is -0.561. The van der Waals surface area contributed by atoms with E-state index in [0.29, 0.717) is 30.0 Å². The topological polar surface area (TPSA) is 71.2 Å². The first-order valence-corrected chi connectivity index (χ1v) is 6.46. The van der Waals surface area contributed by atoms with E-state index in [4.69, 9.17) is 4.74 Å². The first kappa shape index (κ1) is 12.5. The van der Waals surface area contributed by atoms with Crippen molar-refractivity contribution in [3.05, 3.63) is 53.9 Å². The summed E-state index contributed by atoms with van der Waals surface area (Å²) in [5, 5.41) is 2.75. The van der Waals surface area contributed by atoms with Crippen molar-refractivity contribution in [1.29, 1.82) is 0 Å². The Balaban J connectivity index is 1.81. The van der Waals surface area contributed by atoms with Crippen molar-refractivity contribution >= 4 is 11.7 Å². The number of aromatic amines is 1. The second-order valence-corrected chi connectivity index (χ2v) is 4.61. The van der Waals surface area contributed by atoms with Crippen LogP contribution >= 0.6 is 0 Å². The van der Waals surface area contributed by atoms with Crippen LogP contribution in [0, 0.1) is 0 Å². The molecule has 2 heterocycles. The van der Waals surface area contributed by atoms with E-state index in [1.54, 1.807) is 36.5 Å². The molecule has 0 saturated heterocycles. The molecule has 102 valence electrons. The maximum Gasteiger partial charge on any atom is 0.268 e. The SMILES string of the molecule is O=C(NC1CCOc2ccccc2C1=O)c1ccc[nH]1. The normalized spacial score (nSPS) is 17.8. The number of fused-ring (bicyclic) bond motifs is 1. The van der Waals surface area contributed by atoms with E-state index in [1.807, 2.05) is 6.07 Å². The van der Waals surface area contributed by atoms with Crippen molar-refractivity contribution in [2.24, 2.45) is 0 Å². The number of hydrogen-bond donors (Lipinski definition) is 2. The zero-order valence-electron chi connectivity index (χ0n) is 10.8. The summed E-state index contributed by atoms with van der Waals surface area (Å²) in [6, 6.07) is 9.94. The number of hydrogen-bond acceptors (Lipinski definition) is 3. The first-order chi connectivity index (χ1) is 9.75. The van der Waals surface area contributed by atoms with Crippen LogP contribution in [0.5, 0.6) is 5.75 Å². The van der Waals surface area contributed by atoms with Crippen LogP contribution in [0.3, 0.4) is 0 Å². The van der Waals surface area contributed by atoms with Crippen molar-refractivity contribution < 1.29 is 14.3 Å². The molecule has 0 radical (unpaired) electrons. The molecule has 0 spiro atoms. The zero-order chi connectivity index (χ0) is 13.9. The maximum atomic E-state index is 12.4. The fourth-order valence-corrected chi connectivity index (χ4v) is 2.25. The summed E-state index contributed by atoms with van der Waals surface area (Å²) in [6.45, 7) is 0.401. The molecule has 0 bridgehead atoms. The summed E-state index contributed by atoms with van der Waals surface area (Å²) < 4.78 is 5.54. The highest BCUT2D eigenvalue weighted by Gasteiger charge is 2.27. The van der Waals surface area contributed by atoms with Crippen LogP contribution in [0.4, 0.5) is 0 Å². The Labute approximate surface area is 116 Å². The number of nitrogens with one attached hydrogen (secondary N) is 2. The summed E-state index contributed by atoms with van der Waals surface area (Å²) in [4.78, 5) is 27.3. The van der Waals surface area contributed by atoms with Gasteiger partial charge in [0.2, 0.25) is 0 Å². The molecule has 0 aliphatic carbocycles. The summed E-state index contributed by atoms with van der Waals surface area (Å²) in [6.07, 6.45) is 2.13. The highest BCUT2D eigenvalue weighted by Crippen LogP contribution is 2.23. The third-order valence-electron chi connectivity index (χ3n) is 3.28. The lowest BCUT2D eigenvalue weighted by molar-refractivity contribution is 0.0850. The van der Waals surface area contributed by atoms with Gasteiger partial charge in [-0.25, -0.2) is 0 Å². The number of amides is 1. The van der Waals surface area contributed by atoms with Crippen LogP contribution < -0.4 is 10.1 Å². The van der Waals surface area contributed by atoms with Crippen LogP contribution in [0.2, 0.25) is 0 Å². The quantitative estimate of drug-likeness (QED) is 0.873. The highest BCUT2D eigenvalue weighted by molar-refractivity contribution is 6.05. The third kappa shape index (κ3) is 2.30. The van der Waals surface area contributed by atoms with Gasteiger partial charge in [-0.3, -0.25) is 9.59 Å². The Kier molecular flexibility index (Phi) is 3.25. The number of Topliss-reactive ketones (excluding diaryl/α,β-unsaturated/α-hetero) is 1. The van der Waals surface area contributed by atoms with E-state index in [9.17, 15) is 9.59 Å². The van der Waals surface area contributed by atoms with Gasteiger partial charge in [0.15, 0.2) is 5.78 Å². The van der Waals surface area contributed by atoms with E-state index in [2.05, 4.69) is 10.3 Å². The lowest BCUT2D eigenvalue weighted by Gasteiger charge is -2.14. The van der Waals surface area contributed by atoms with Gasteiger partial charge in [-0.05, 0) is 24.3 Å². The van der Waals surface area contributed by atoms with Crippen molar-refractivity contribution in [3.8, 4) is 5.75 Å². The molecule has 1 aromatic carbocycles. The lowest BCUT2D eigenvalue weighted by atomic mass is 10.0. The van der Waals surface area contributed by atoms with Gasteiger partial charge in [0.25, 0.3) is 5.91 Å². The molecule has 1 aliphatic heterocycles. The summed E-state index contributed by atoms with van der Waals surface area (Å²) in [5.74, 6) is 0.180. The molecular formula is C15H14N2O3. The standard InChI is InChI=1S/C15H14N2O3/c18-14-10-4-1-2-6-13(10)20-9-7-11(14)17-15(19)12-5-3-8-16-12/h1-6,8,11,16H,7,9H2,(H,17,19). The van der Waals surface area contributed by atoms with Crippen molar-refractivity contribution in [1.82, 2.24) is 10.3 Å². The molecule has 1 atom stereocenters. The van der Waals surface area contributed by atoms with E-state index < -0.39 is 6.04 Å². The fourth-order valence-electron chi connectivity index (χ4n) is 2.25. The number of carbonyl (C=O) groups is 2. The highest BCUT2D eigenvalue weighted by atomic mass is 16.5. The molecule has 3 rings (SSSR count). The number of para-hydroxylation sites is 1. The van der Waals surface area contributed by atoms with E-state index in [1.165, 1.54) is 0 Å². The largest absolute Gasteiger partial charge is 0.493 e. The monoisotopic (exact) mass is 270 g/mol. The molecule has 1 unspecified atom stereocenters. The predicted octanol–water partition coefficient (Wildman–Crippen LogP) is 1.78. The van der Waals surface area contributed by atoms with Gasteiger partial charge in [-0.1, -0.05) is 12.1 Å². The van der Waals surface area contributed by atoms with E-state index in [-0.39, 0.29) is 11.7 Å². The van der Waals surface area contributed by atoms with Crippen LogP contribution in [0.1, 0.15) is 27.3 Å². The number of aromatic nitrogens is 1. The van der Waals surface area contributed by atoms with Gasteiger partial charge in [0.1, 0.15) is 11.4 Å². The van der Waals surface area contributed by atoms with Gasteiger partial charge < -0.3 is 15.0 Å². The number of benzene rings is 1. The Hall–Kier alpha value is -2.56. The molecule has 5 nitrogen and oxygen atoms in total. The van der Waals surface area contributed by atoms with Gasteiger partial charge in [0.05, 0.1) is 18.2 Å². The van der Waals surface area contributed by atoms with Gasteiger partial charge >= 0.3 is 0 Å². The Morgan fingerprint density at radius 2 is 2.10 bits per heavy atom. The Morgan fingerprint density at radius 3 is 2.90 bits per heavy atom. The molecule has 2 aromatic rings. The number of H-pyrrole nitrogens is 1. The molecule has 0 saturated carbocycles. The first-order valence-electron chi connectivity index (χ1n) is 6.46. The third-order valence-corrected chi connectivity index (χ3v) is 3.28. The second-order valence-electron chi connectivity index (χ2n) is 4.61. The summed E-state index contributed by atoms with van der Waals surface area (Å²) >= 11 is 0. The van der Waals surface area contributed by atoms with Crippen molar-refractivity contribution in [2.75, 3.05) is 6.61 Å². The summed E-state index contributed by atoms with van der Waals surface area (Å²) in [7, 11) is 0. The average Bonchev–Trinajstić information content (AvgIpc) is 2.95. The van der Waals surface area contributed by atoms with Crippen molar-refractivity contribution in [3.63, 3.8) is 0 Å². The van der Waals surface area contributed by atoms with Crippen LogP contribution in [0.15, 0.2) is 42.6 Å². The van der Waals surface area contributed by atoms with Gasteiger partial charge in [0, 0.05) is 12.6 Å². The Bertz CT molecular complexity index is 634. The van der Waals surface area contributed by atoms with Crippen LogP contribution in [-0.2, 0) is 0 Å². The average molecular weight is 270 g/mol. The van der Waals surface area contributed by atoms with E-state index >= 15 is 0 Å². The van der Waals surface area contributed by atoms with Crippen LogP contribution in [-0.4, -0.2) is 29.3 Å². The number of ether oxygens (including phenoxy) is 1. The molecular weight excluding hydrogens is 256 g/mol. The minimum Gasteiger partial charge on any atom is -0.493 e. The second kappa shape index (κ2) is 5.21. The van der Waals surface area contributed by atoms with Gasteiger partial charge in [-0.2, -0.15) is 0 Å². The lowest BCUT2D eigenvalue weighted by Crippen LogP contribution is -2.41. The van der Waals surface area contributed by atoms with E-state index in [0.717, 1.165) is 0 Å². The molecule has 1 amide bonds. The zero-order valence-corrected chi connectivity index (χ0v) is 10.8. The molecule has 1 aliphatic rings. The van der Waals surface area contributed by atoms with Crippen LogP contribution in [0.25, 0.3) is 0 Å². The molecule has 1 aromatic heterocycles. The fraction of sp³-hybridized carbons (Fsp3) is 0.200. The number of ketones is 1. The number of carbonyl (C=O) groups excluding carboxylic acids is 2. The molecule has 2 N–H and O–H groups in total. The summed E-state index contributed by atoms with van der Waals surface area (Å²) in [5.41, 5.74) is 0.957. The van der Waals surface area contributed by atoms with Crippen molar-refractivity contribution in [2.45, 2.75) is 12.5 Å². The Morgan fingerprint density at radius 1 is 1.25 bits per heavy atom. The molecule has 20 heavy (non-hydrogen) atoms. The molecule has 0 fully saturated rings. The number of rotatable bonds is 2.